The molecule has 0 aromatic carbocycles. The maximum Gasteiger partial charge on any atom is 0.226 e. The number of hydrogen-bond acceptors (Lipinski definition) is 3. The van der Waals surface area contributed by atoms with Crippen molar-refractivity contribution in [2.24, 2.45) is 5.41 Å². The largest absolute Gasteiger partial charge is 0.393 e. The average Bonchev–Trinajstić information content (AvgIpc) is 2.60. The highest BCUT2D eigenvalue weighted by Crippen LogP contribution is 2.37. The van der Waals surface area contributed by atoms with Crippen molar-refractivity contribution in [3.63, 3.8) is 0 Å². The van der Waals surface area contributed by atoms with Crippen LogP contribution in [0.3, 0.4) is 0 Å². The molecule has 2 aliphatic heterocycles. The summed E-state index contributed by atoms with van der Waals surface area (Å²) in [5.41, 5.74) is -0.0542. The summed E-state index contributed by atoms with van der Waals surface area (Å²) in [6.07, 6.45) is 3.60. The van der Waals surface area contributed by atoms with Gasteiger partial charge in [-0.05, 0) is 45.7 Å². The molecule has 2 aliphatic rings. The number of carbonyl (C=O) groups excluding carboxylic acids is 1. The van der Waals surface area contributed by atoms with Crippen LogP contribution in [0.25, 0.3) is 0 Å². The zero-order valence-corrected chi connectivity index (χ0v) is 10.0. The van der Waals surface area contributed by atoms with Gasteiger partial charge in [0.25, 0.3) is 0 Å². The molecule has 1 atom stereocenters. The van der Waals surface area contributed by atoms with Crippen molar-refractivity contribution in [3.8, 4) is 0 Å². The molecule has 16 heavy (non-hydrogen) atoms. The first-order chi connectivity index (χ1) is 7.62. The predicted octanol–water partition coefficient (Wildman–Crippen LogP) is 0.359. The Bertz CT molecular complexity index is 258. The lowest BCUT2D eigenvalue weighted by Gasteiger charge is -2.37. The van der Waals surface area contributed by atoms with E-state index in [2.05, 4.69) is 10.2 Å². The minimum Gasteiger partial charge on any atom is -0.393 e. The van der Waals surface area contributed by atoms with Crippen molar-refractivity contribution >= 4 is 5.91 Å². The molecule has 2 saturated heterocycles. The van der Waals surface area contributed by atoms with E-state index in [9.17, 15) is 9.90 Å². The third-order valence-electron chi connectivity index (χ3n) is 4.05. The van der Waals surface area contributed by atoms with Crippen molar-refractivity contribution in [1.82, 2.24) is 10.2 Å². The van der Waals surface area contributed by atoms with Crippen LogP contribution in [0.4, 0.5) is 0 Å². The second-order valence-electron chi connectivity index (χ2n) is 5.27. The molecule has 4 nitrogen and oxygen atoms in total. The fourth-order valence-corrected chi connectivity index (χ4v) is 2.77. The third-order valence-corrected chi connectivity index (χ3v) is 4.05. The number of rotatable bonds is 3. The molecule has 1 unspecified atom stereocenters. The summed E-state index contributed by atoms with van der Waals surface area (Å²) >= 11 is 0. The number of carbonyl (C=O) groups is 1. The first-order valence-corrected chi connectivity index (χ1v) is 6.31. The van der Waals surface area contributed by atoms with E-state index in [1.165, 1.54) is 0 Å². The molecule has 92 valence electrons. The van der Waals surface area contributed by atoms with E-state index in [4.69, 9.17) is 0 Å². The topological polar surface area (TPSA) is 52.6 Å². The molecular formula is C12H22N2O2. The summed E-state index contributed by atoms with van der Waals surface area (Å²) in [7, 11) is 0. The molecule has 1 amide bonds. The molecule has 0 bridgehead atoms. The number of piperidine rings is 1. The highest BCUT2D eigenvalue weighted by atomic mass is 16.3. The minimum atomic E-state index is -0.217. The molecule has 2 heterocycles. The van der Waals surface area contributed by atoms with Gasteiger partial charge in [-0.3, -0.25) is 4.79 Å². The minimum absolute atomic E-state index is 0.0542. The molecule has 2 N–H and O–H groups in total. The lowest BCUT2D eigenvalue weighted by atomic mass is 9.77. The lowest BCUT2D eigenvalue weighted by Crippen LogP contribution is -2.44. The van der Waals surface area contributed by atoms with Crippen molar-refractivity contribution in [1.29, 1.82) is 0 Å². The number of aliphatic hydroxyl groups is 1. The quantitative estimate of drug-likeness (QED) is 0.730. The van der Waals surface area contributed by atoms with Crippen LogP contribution in [-0.2, 0) is 4.79 Å². The third kappa shape index (κ3) is 2.38. The zero-order valence-electron chi connectivity index (χ0n) is 10.0. The first kappa shape index (κ1) is 11.9. The van der Waals surface area contributed by atoms with Gasteiger partial charge >= 0.3 is 0 Å². The molecule has 4 heteroatoms. The smallest absolute Gasteiger partial charge is 0.226 e. The van der Waals surface area contributed by atoms with Crippen molar-refractivity contribution in [2.75, 3.05) is 26.2 Å². The van der Waals surface area contributed by atoms with Crippen LogP contribution in [0, 0.1) is 5.41 Å². The van der Waals surface area contributed by atoms with E-state index in [0.717, 1.165) is 51.9 Å². The molecule has 0 saturated carbocycles. The Kier molecular flexibility index (Phi) is 3.50. The Balaban J connectivity index is 1.80. The number of nitrogens with one attached hydrogen (secondary N) is 1. The zero-order chi connectivity index (χ0) is 11.6. The molecule has 2 fully saturated rings. The van der Waals surface area contributed by atoms with E-state index in [0.29, 0.717) is 0 Å². The Hall–Kier alpha value is -0.610. The number of nitrogens with zero attached hydrogens (tertiary/aromatic N) is 1. The SMILES string of the molecule is CC(O)CCN1CCC2(CCNC2=O)CC1. The van der Waals surface area contributed by atoms with E-state index in [1.807, 2.05) is 6.92 Å². The van der Waals surface area contributed by atoms with Gasteiger partial charge in [-0.2, -0.15) is 0 Å². The second kappa shape index (κ2) is 4.72. The normalized spacial score (nSPS) is 27.0. The Morgan fingerprint density at radius 2 is 2.12 bits per heavy atom. The van der Waals surface area contributed by atoms with E-state index < -0.39 is 0 Å². The average molecular weight is 226 g/mol. The van der Waals surface area contributed by atoms with Gasteiger partial charge in [0, 0.05) is 13.1 Å². The second-order valence-corrected chi connectivity index (χ2v) is 5.27. The van der Waals surface area contributed by atoms with Gasteiger partial charge in [0.2, 0.25) is 5.91 Å². The van der Waals surface area contributed by atoms with Gasteiger partial charge in [-0.1, -0.05) is 0 Å². The lowest BCUT2D eigenvalue weighted by molar-refractivity contribution is -0.130. The monoisotopic (exact) mass is 226 g/mol. The maximum absolute atomic E-state index is 11.8. The van der Waals surface area contributed by atoms with Gasteiger partial charge in [0.05, 0.1) is 11.5 Å². The first-order valence-electron chi connectivity index (χ1n) is 6.31. The molecule has 0 aliphatic carbocycles. The van der Waals surface area contributed by atoms with Crippen LogP contribution in [0.15, 0.2) is 0 Å². The summed E-state index contributed by atoms with van der Waals surface area (Å²) in [5, 5.41) is 12.2. The van der Waals surface area contributed by atoms with Crippen LogP contribution in [-0.4, -0.2) is 48.2 Å². The Morgan fingerprint density at radius 1 is 1.44 bits per heavy atom. The Morgan fingerprint density at radius 3 is 2.62 bits per heavy atom. The number of aliphatic hydroxyl groups excluding tert-OH is 1. The summed E-state index contributed by atoms with van der Waals surface area (Å²) in [5.74, 6) is 0.266. The number of likely N-dealkylation sites (tertiary alicyclic amines) is 1. The molecular weight excluding hydrogens is 204 g/mol. The van der Waals surface area contributed by atoms with Gasteiger partial charge in [0.1, 0.15) is 0 Å². The number of amides is 1. The predicted molar refractivity (Wildman–Crippen MR) is 62.0 cm³/mol. The van der Waals surface area contributed by atoms with Crippen LogP contribution < -0.4 is 5.32 Å². The van der Waals surface area contributed by atoms with E-state index in [-0.39, 0.29) is 17.4 Å². The fourth-order valence-electron chi connectivity index (χ4n) is 2.77. The van der Waals surface area contributed by atoms with Gasteiger partial charge in [-0.25, -0.2) is 0 Å². The highest BCUT2D eigenvalue weighted by molar-refractivity contribution is 5.84. The number of hydrogen-bond donors (Lipinski definition) is 2. The summed E-state index contributed by atoms with van der Waals surface area (Å²) in [6, 6.07) is 0. The highest BCUT2D eigenvalue weighted by Gasteiger charge is 2.44. The van der Waals surface area contributed by atoms with Gasteiger partial charge in [0.15, 0.2) is 0 Å². The van der Waals surface area contributed by atoms with Crippen LogP contribution in [0.1, 0.15) is 32.6 Å². The van der Waals surface area contributed by atoms with Crippen LogP contribution >= 0.6 is 0 Å². The molecule has 2 rings (SSSR count). The molecule has 0 aromatic rings. The fraction of sp³-hybridized carbons (Fsp3) is 0.917. The van der Waals surface area contributed by atoms with Gasteiger partial charge < -0.3 is 15.3 Å². The van der Waals surface area contributed by atoms with Gasteiger partial charge in [-0.15, -0.1) is 0 Å². The molecule has 0 radical (unpaired) electrons. The van der Waals surface area contributed by atoms with Crippen molar-refractivity contribution in [2.45, 2.75) is 38.7 Å². The summed E-state index contributed by atoms with van der Waals surface area (Å²) in [6.45, 7) is 5.64. The Labute approximate surface area is 97.0 Å². The molecule has 1 spiro atoms. The standard InChI is InChI=1S/C12H22N2O2/c1-10(15)2-7-14-8-4-12(5-9-14)3-6-13-11(12)16/h10,15H,2-9H2,1H3,(H,13,16). The van der Waals surface area contributed by atoms with E-state index in [1.54, 1.807) is 0 Å². The van der Waals surface area contributed by atoms with Crippen LogP contribution in [0.5, 0.6) is 0 Å². The van der Waals surface area contributed by atoms with Crippen molar-refractivity contribution < 1.29 is 9.90 Å². The maximum atomic E-state index is 11.8. The summed E-state index contributed by atoms with van der Waals surface area (Å²) in [4.78, 5) is 14.1. The molecule has 0 aromatic heterocycles. The van der Waals surface area contributed by atoms with Crippen LogP contribution in [0.2, 0.25) is 0 Å². The van der Waals surface area contributed by atoms with E-state index >= 15 is 0 Å². The van der Waals surface area contributed by atoms with Crippen molar-refractivity contribution in [3.05, 3.63) is 0 Å². The summed E-state index contributed by atoms with van der Waals surface area (Å²) < 4.78 is 0.